The van der Waals surface area contributed by atoms with E-state index in [-0.39, 0.29) is 17.2 Å². The second-order valence-corrected chi connectivity index (χ2v) is 12.6. The number of phenolic OH excluding ortho intramolecular Hbond substituents is 1. The molecule has 1 atom stereocenters. The summed E-state index contributed by atoms with van der Waals surface area (Å²) in [4.78, 5) is 41.3. The molecule has 0 aliphatic carbocycles. The van der Waals surface area contributed by atoms with E-state index in [4.69, 9.17) is 4.74 Å². The van der Waals surface area contributed by atoms with Gasteiger partial charge in [-0.15, -0.1) is 0 Å². The first-order chi connectivity index (χ1) is 23.2. The smallest absolute Gasteiger partial charge is 0.314 e. The Kier molecular flexibility index (Phi) is 11.5. The van der Waals surface area contributed by atoms with E-state index >= 15 is 0 Å². The van der Waals surface area contributed by atoms with Gasteiger partial charge in [0.15, 0.2) is 0 Å². The summed E-state index contributed by atoms with van der Waals surface area (Å²) in [7, 11) is 0. The Morgan fingerprint density at radius 3 is 2.50 bits per heavy atom. The normalized spacial score (nSPS) is 14.9. The number of likely N-dealkylation sites (tertiary alicyclic amines) is 1. The molecule has 1 saturated heterocycles. The number of nitrogens with one attached hydrogen (secondary N) is 2. The lowest BCUT2D eigenvalue weighted by Gasteiger charge is -2.39. The largest absolute Gasteiger partial charge is 0.506 e. The van der Waals surface area contributed by atoms with Crippen LogP contribution in [0.15, 0.2) is 77.6 Å². The Bertz CT molecular complexity index is 1760. The number of H-pyrrole nitrogens is 1. The lowest BCUT2D eigenvalue weighted by atomic mass is 9.73. The zero-order valence-electron chi connectivity index (χ0n) is 27.4. The molecular weight excluding hydrogens is 610 g/mol. The van der Waals surface area contributed by atoms with E-state index in [0.29, 0.717) is 68.4 Å². The summed E-state index contributed by atoms with van der Waals surface area (Å²) in [6.45, 7) is 4.56. The van der Waals surface area contributed by atoms with Gasteiger partial charge in [-0.2, -0.15) is 0 Å². The number of amides is 1. The summed E-state index contributed by atoms with van der Waals surface area (Å²) in [6, 6.07) is 21.5. The second-order valence-electron chi connectivity index (χ2n) is 12.6. The number of carbonyl (C=O) groups excluding carboxylic acids is 1. The van der Waals surface area contributed by atoms with Gasteiger partial charge in [0, 0.05) is 37.5 Å². The number of aromatic nitrogens is 1. The number of benzene rings is 3. The van der Waals surface area contributed by atoms with Crippen molar-refractivity contribution in [2.24, 2.45) is 0 Å². The number of rotatable bonds is 15. The minimum absolute atomic E-state index is 0.0304. The molecule has 0 unspecified atom stereocenters. The van der Waals surface area contributed by atoms with Gasteiger partial charge in [-0.1, -0.05) is 48.5 Å². The van der Waals surface area contributed by atoms with Crippen molar-refractivity contribution < 1.29 is 29.6 Å². The predicted octanol–water partition coefficient (Wildman–Crippen LogP) is 4.99. The molecule has 10 heteroatoms. The fourth-order valence-corrected chi connectivity index (χ4v) is 6.57. The van der Waals surface area contributed by atoms with Crippen molar-refractivity contribution >= 4 is 22.8 Å². The molecule has 3 aromatic carbocycles. The van der Waals surface area contributed by atoms with E-state index in [1.165, 1.54) is 12.1 Å². The van der Waals surface area contributed by atoms with Crippen LogP contribution < -0.4 is 15.6 Å². The molecule has 0 spiro atoms. The number of aliphatic hydroxyl groups is 1. The number of phenols is 1. The number of piperidine rings is 1. The van der Waals surface area contributed by atoms with Gasteiger partial charge in [0.1, 0.15) is 11.5 Å². The number of unbranched alkanes of at least 4 members (excludes halogenated alkanes) is 2. The number of aromatic hydroxyl groups is 1. The number of carboxylic acids is 1. The quantitative estimate of drug-likeness (QED) is 0.112. The number of aliphatic hydroxyl groups excluding tert-OH is 1. The number of aryl methyl sites for hydroxylation is 2. The molecule has 1 fully saturated rings. The van der Waals surface area contributed by atoms with Gasteiger partial charge in [0.2, 0.25) is 11.5 Å². The number of ether oxygens (including phenoxy) is 1. The van der Waals surface area contributed by atoms with Crippen LogP contribution in [-0.2, 0) is 21.4 Å². The van der Waals surface area contributed by atoms with Gasteiger partial charge in [0.05, 0.1) is 23.6 Å². The van der Waals surface area contributed by atoms with Gasteiger partial charge >= 0.3 is 5.97 Å². The highest BCUT2D eigenvalue weighted by Gasteiger charge is 2.43. The number of nitrogens with zero attached hydrogens (tertiary/aromatic N) is 1. The van der Waals surface area contributed by atoms with Crippen molar-refractivity contribution in [3.8, 4) is 11.5 Å². The molecule has 5 rings (SSSR count). The van der Waals surface area contributed by atoms with E-state index < -0.39 is 17.5 Å². The van der Waals surface area contributed by atoms with E-state index in [2.05, 4.69) is 16.4 Å². The third kappa shape index (κ3) is 8.24. The number of hydrogen-bond donors (Lipinski definition) is 5. The Labute approximate surface area is 280 Å². The standard InChI is InChI=1S/C38H45N3O7/c1-26-24-27(11-17-35(45)41-21-18-38(19-22-41,37(46)47)28-8-4-2-5-9-28)10-15-33(26)48-23-7-3-6-20-39-25-32(43)29-12-14-31(42)36-30(29)13-16-34(44)40-36/h2,4-5,8-10,12-16,24,32,39,42-43H,3,6-7,11,17-23,25H2,1H3,(H,40,44)(H,46,47)/t32-/m0/s1. The molecule has 5 N–H and O–H groups in total. The molecule has 0 saturated carbocycles. The Hall–Kier alpha value is -4.67. The van der Waals surface area contributed by atoms with Crippen LogP contribution in [0.5, 0.6) is 11.5 Å². The van der Waals surface area contributed by atoms with Crippen LogP contribution in [0.2, 0.25) is 0 Å². The van der Waals surface area contributed by atoms with E-state index in [0.717, 1.165) is 48.2 Å². The van der Waals surface area contributed by atoms with Crippen molar-refractivity contribution in [1.82, 2.24) is 15.2 Å². The third-order valence-electron chi connectivity index (χ3n) is 9.43. The summed E-state index contributed by atoms with van der Waals surface area (Å²) >= 11 is 0. The Morgan fingerprint density at radius 1 is 1.00 bits per heavy atom. The topological polar surface area (TPSA) is 152 Å². The number of aliphatic carboxylic acids is 1. The number of carbonyl (C=O) groups is 2. The number of fused-ring (bicyclic) bond motifs is 1. The van der Waals surface area contributed by atoms with Gasteiger partial charge in [-0.3, -0.25) is 14.4 Å². The fraction of sp³-hybridized carbons (Fsp3) is 0.395. The van der Waals surface area contributed by atoms with Crippen LogP contribution >= 0.6 is 0 Å². The van der Waals surface area contributed by atoms with Crippen molar-refractivity contribution in [2.75, 3.05) is 32.8 Å². The van der Waals surface area contributed by atoms with E-state index in [1.807, 2.05) is 49.4 Å². The summed E-state index contributed by atoms with van der Waals surface area (Å²) in [5.74, 6) is 0.0219. The number of pyridine rings is 1. The maximum atomic E-state index is 13.0. The first kappa shape index (κ1) is 34.7. The Morgan fingerprint density at radius 2 is 1.77 bits per heavy atom. The molecule has 0 radical (unpaired) electrons. The molecule has 1 aliphatic heterocycles. The summed E-state index contributed by atoms with van der Waals surface area (Å²) < 4.78 is 6.02. The van der Waals surface area contributed by atoms with E-state index in [1.54, 1.807) is 17.0 Å². The van der Waals surface area contributed by atoms with Crippen molar-refractivity contribution in [3.05, 3.63) is 105 Å². The number of carboxylic acid groups (broad SMARTS) is 1. The highest BCUT2D eigenvalue weighted by Crippen LogP contribution is 2.36. The zero-order valence-corrected chi connectivity index (χ0v) is 27.4. The monoisotopic (exact) mass is 655 g/mol. The molecule has 2 heterocycles. The first-order valence-electron chi connectivity index (χ1n) is 16.7. The van der Waals surface area contributed by atoms with Crippen molar-refractivity contribution in [1.29, 1.82) is 0 Å². The average Bonchev–Trinajstić information content (AvgIpc) is 3.09. The molecule has 254 valence electrons. The zero-order chi connectivity index (χ0) is 34.1. The Balaban J connectivity index is 0.978. The minimum Gasteiger partial charge on any atom is -0.506 e. The molecular formula is C38H45N3O7. The summed E-state index contributed by atoms with van der Waals surface area (Å²) in [5.41, 5.74) is 2.60. The first-order valence-corrected chi connectivity index (χ1v) is 16.7. The molecule has 0 bridgehead atoms. The lowest BCUT2D eigenvalue weighted by Crippen LogP contribution is -2.49. The van der Waals surface area contributed by atoms with Gasteiger partial charge in [-0.25, -0.2) is 0 Å². The molecule has 4 aromatic rings. The van der Waals surface area contributed by atoms with Gasteiger partial charge < -0.3 is 35.3 Å². The maximum absolute atomic E-state index is 13.0. The molecule has 1 amide bonds. The molecule has 10 nitrogen and oxygen atoms in total. The van der Waals surface area contributed by atoms with Crippen LogP contribution in [0.3, 0.4) is 0 Å². The van der Waals surface area contributed by atoms with Crippen LogP contribution in [0.4, 0.5) is 0 Å². The minimum atomic E-state index is -0.942. The number of hydrogen-bond acceptors (Lipinski definition) is 7. The van der Waals surface area contributed by atoms with Crippen LogP contribution in [-0.4, -0.2) is 69.9 Å². The van der Waals surface area contributed by atoms with Crippen LogP contribution in [0.1, 0.15) is 66.9 Å². The molecule has 1 aliphatic rings. The van der Waals surface area contributed by atoms with Gasteiger partial charge in [0.25, 0.3) is 0 Å². The highest BCUT2D eigenvalue weighted by atomic mass is 16.5. The van der Waals surface area contributed by atoms with Crippen LogP contribution in [0, 0.1) is 6.92 Å². The van der Waals surface area contributed by atoms with Crippen LogP contribution in [0.25, 0.3) is 10.9 Å². The average molecular weight is 656 g/mol. The fourth-order valence-electron chi connectivity index (χ4n) is 6.57. The van der Waals surface area contributed by atoms with E-state index in [9.17, 15) is 29.7 Å². The lowest BCUT2D eigenvalue weighted by molar-refractivity contribution is -0.148. The highest BCUT2D eigenvalue weighted by molar-refractivity contribution is 5.87. The van der Waals surface area contributed by atoms with Gasteiger partial charge in [-0.05, 0) is 92.4 Å². The maximum Gasteiger partial charge on any atom is 0.314 e. The second kappa shape index (κ2) is 16.0. The predicted molar refractivity (Wildman–Crippen MR) is 184 cm³/mol. The molecule has 1 aromatic heterocycles. The molecule has 48 heavy (non-hydrogen) atoms. The SMILES string of the molecule is Cc1cc(CCC(=O)N2CCC(C(=O)O)(c3ccccc3)CC2)ccc1OCCCCCNC[C@H](O)c1ccc(O)c2[nH]c(=O)ccc12. The summed E-state index contributed by atoms with van der Waals surface area (Å²) in [5, 5.41) is 34.7. The summed E-state index contributed by atoms with van der Waals surface area (Å²) in [6.07, 6.45) is 3.80. The van der Waals surface area contributed by atoms with Crippen molar-refractivity contribution in [3.63, 3.8) is 0 Å². The van der Waals surface area contributed by atoms with Crippen molar-refractivity contribution in [2.45, 2.75) is 63.4 Å². The number of aromatic amines is 1. The third-order valence-corrected chi connectivity index (χ3v) is 9.43.